The first-order chi connectivity index (χ1) is 11.3. The van der Waals surface area contributed by atoms with Gasteiger partial charge in [-0.3, -0.25) is 9.48 Å². The molecular formula is C16H20F3N3O2. The second kappa shape index (κ2) is 6.23. The summed E-state index contributed by atoms with van der Waals surface area (Å²) in [6.45, 7) is 1.95. The van der Waals surface area contributed by atoms with E-state index in [1.165, 1.54) is 4.68 Å². The van der Waals surface area contributed by atoms with E-state index in [4.69, 9.17) is 4.74 Å². The normalized spacial score (nSPS) is 23.8. The molecule has 1 N–H and O–H groups in total. The molecule has 2 heterocycles. The van der Waals surface area contributed by atoms with Crippen LogP contribution in [0.2, 0.25) is 0 Å². The maximum Gasteiger partial charge on any atom is 0.435 e. The minimum absolute atomic E-state index is 0.0494. The van der Waals surface area contributed by atoms with Gasteiger partial charge in [-0.2, -0.15) is 18.3 Å². The van der Waals surface area contributed by atoms with Crippen LogP contribution in [0.4, 0.5) is 13.2 Å². The topological polar surface area (TPSA) is 56.2 Å². The summed E-state index contributed by atoms with van der Waals surface area (Å²) in [5.41, 5.74) is -0.808. The molecule has 0 bridgehead atoms. The molecule has 1 aromatic rings. The third-order valence-corrected chi connectivity index (χ3v) is 4.50. The average Bonchev–Trinajstić information content (AvgIpc) is 2.86. The van der Waals surface area contributed by atoms with E-state index in [9.17, 15) is 18.0 Å². The van der Waals surface area contributed by atoms with Crippen LogP contribution in [0.1, 0.15) is 43.1 Å². The smallest absolute Gasteiger partial charge is 0.376 e. The maximum atomic E-state index is 13.1. The molecule has 0 aromatic carbocycles. The van der Waals surface area contributed by atoms with Crippen LogP contribution in [0.15, 0.2) is 12.2 Å². The van der Waals surface area contributed by atoms with Gasteiger partial charge in [0.05, 0.1) is 13.2 Å². The van der Waals surface area contributed by atoms with Crippen LogP contribution in [0, 0.1) is 0 Å². The van der Waals surface area contributed by atoms with Crippen molar-refractivity contribution in [1.82, 2.24) is 15.1 Å². The molecule has 1 unspecified atom stereocenters. The first-order valence-corrected chi connectivity index (χ1v) is 7.98. The van der Waals surface area contributed by atoms with Gasteiger partial charge in [0.15, 0.2) is 5.69 Å². The number of carbonyl (C=O) groups excluding carboxylic acids is 1. The zero-order valence-electron chi connectivity index (χ0n) is 13.4. The van der Waals surface area contributed by atoms with E-state index in [1.807, 2.05) is 13.0 Å². The summed E-state index contributed by atoms with van der Waals surface area (Å²) in [7, 11) is 0. The number of rotatable bonds is 3. The average molecular weight is 343 g/mol. The van der Waals surface area contributed by atoms with Crippen molar-refractivity contribution in [2.45, 2.75) is 57.5 Å². The van der Waals surface area contributed by atoms with E-state index in [-0.39, 0.29) is 30.2 Å². The van der Waals surface area contributed by atoms with E-state index in [0.29, 0.717) is 18.7 Å². The second-order valence-electron chi connectivity index (χ2n) is 6.55. The molecule has 1 amide bonds. The quantitative estimate of drug-likeness (QED) is 0.859. The lowest BCUT2D eigenvalue weighted by Gasteiger charge is -2.32. The number of nitrogens with zero attached hydrogens (tertiary/aromatic N) is 2. The van der Waals surface area contributed by atoms with E-state index >= 15 is 0 Å². The van der Waals surface area contributed by atoms with Gasteiger partial charge in [0.2, 0.25) is 5.91 Å². The van der Waals surface area contributed by atoms with Crippen molar-refractivity contribution in [3.63, 3.8) is 0 Å². The minimum Gasteiger partial charge on any atom is -0.376 e. The fourth-order valence-electron chi connectivity index (χ4n) is 3.26. The molecule has 132 valence electrons. The number of carbonyl (C=O) groups is 1. The highest BCUT2D eigenvalue weighted by Gasteiger charge is 2.40. The fraction of sp³-hybridized carbons (Fsp3) is 0.625. The molecule has 5 nitrogen and oxygen atoms in total. The number of allylic oxidation sites excluding steroid dienone is 1. The molecule has 8 heteroatoms. The maximum absolute atomic E-state index is 13.1. The molecule has 1 atom stereocenters. The Bertz CT molecular complexity index is 666. The van der Waals surface area contributed by atoms with Crippen LogP contribution in [-0.2, 0) is 35.3 Å². The summed E-state index contributed by atoms with van der Waals surface area (Å²) in [6, 6.07) is 0. The Labute approximate surface area is 137 Å². The third-order valence-electron chi connectivity index (χ3n) is 4.50. The summed E-state index contributed by atoms with van der Waals surface area (Å²) >= 11 is 0. The molecule has 1 aromatic heterocycles. The van der Waals surface area contributed by atoms with Crippen LogP contribution in [0.5, 0.6) is 0 Å². The molecule has 0 fully saturated rings. The van der Waals surface area contributed by atoms with E-state index in [2.05, 4.69) is 16.5 Å². The van der Waals surface area contributed by atoms with Crippen molar-refractivity contribution in [2.75, 3.05) is 6.61 Å². The van der Waals surface area contributed by atoms with Gasteiger partial charge >= 0.3 is 6.18 Å². The Balaban J connectivity index is 1.78. The second-order valence-corrected chi connectivity index (χ2v) is 6.55. The van der Waals surface area contributed by atoms with Crippen LogP contribution in [0.3, 0.4) is 0 Å². The number of aromatic nitrogens is 2. The first kappa shape index (κ1) is 17.0. The van der Waals surface area contributed by atoms with Gasteiger partial charge in [-0.25, -0.2) is 0 Å². The minimum atomic E-state index is -4.55. The summed E-state index contributed by atoms with van der Waals surface area (Å²) in [6.07, 6.45) is 2.26. The van der Waals surface area contributed by atoms with Gasteiger partial charge < -0.3 is 10.1 Å². The Hall–Kier alpha value is -1.83. The predicted octanol–water partition coefficient (Wildman–Crippen LogP) is 2.59. The van der Waals surface area contributed by atoms with Crippen molar-refractivity contribution in [2.24, 2.45) is 0 Å². The lowest BCUT2D eigenvalue weighted by Crippen LogP contribution is -2.47. The molecule has 1 aliphatic carbocycles. The molecule has 0 saturated carbocycles. The van der Waals surface area contributed by atoms with Crippen molar-refractivity contribution in [3.8, 4) is 0 Å². The zero-order valence-corrected chi connectivity index (χ0v) is 13.4. The molecular weight excluding hydrogens is 323 g/mol. The summed E-state index contributed by atoms with van der Waals surface area (Å²) < 4.78 is 45.7. The lowest BCUT2D eigenvalue weighted by molar-refractivity contribution is -0.143. The molecule has 0 radical (unpaired) electrons. The molecule has 0 spiro atoms. The summed E-state index contributed by atoms with van der Waals surface area (Å²) in [4.78, 5) is 12.3. The Morgan fingerprint density at radius 2 is 2.25 bits per heavy atom. The predicted molar refractivity (Wildman–Crippen MR) is 80.1 cm³/mol. The van der Waals surface area contributed by atoms with Gasteiger partial charge in [0, 0.05) is 23.2 Å². The van der Waals surface area contributed by atoms with Crippen LogP contribution >= 0.6 is 0 Å². The van der Waals surface area contributed by atoms with Crippen molar-refractivity contribution in [1.29, 1.82) is 0 Å². The number of hydrogen-bond acceptors (Lipinski definition) is 3. The SMILES string of the molecule is CC1(NC(=O)Cn2nc(C(F)(F)F)c3c2CCOC3)CC=CCC1. The number of nitrogens with one attached hydrogen (secondary N) is 1. The molecule has 0 saturated heterocycles. The first-order valence-electron chi connectivity index (χ1n) is 7.98. The number of amides is 1. The fourth-order valence-corrected chi connectivity index (χ4v) is 3.26. The Morgan fingerprint density at radius 3 is 2.92 bits per heavy atom. The highest BCUT2D eigenvalue weighted by atomic mass is 19.4. The van der Waals surface area contributed by atoms with Crippen molar-refractivity contribution in [3.05, 3.63) is 29.1 Å². The number of hydrogen-bond donors (Lipinski definition) is 1. The van der Waals surface area contributed by atoms with Crippen LogP contribution < -0.4 is 5.32 Å². The lowest BCUT2D eigenvalue weighted by atomic mass is 9.87. The van der Waals surface area contributed by atoms with Crippen molar-refractivity contribution >= 4 is 5.91 Å². The zero-order chi connectivity index (χ0) is 17.4. The van der Waals surface area contributed by atoms with Gasteiger partial charge in [0.1, 0.15) is 6.54 Å². The molecule has 1 aliphatic heterocycles. The summed E-state index contributed by atoms with van der Waals surface area (Å²) in [5, 5.41) is 6.59. The van der Waals surface area contributed by atoms with Gasteiger partial charge in [0.25, 0.3) is 0 Å². The van der Waals surface area contributed by atoms with E-state index in [0.717, 1.165) is 19.3 Å². The number of halogens is 3. The number of alkyl halides is 3. The Kier molecular flexibility index (Phi) is 4.42. The van der Waals surface area contributed by atoms with Crippen LogP contribution in [-0.4, -0.2) is 27.8 Å². The number of ether oxygens (including phenoxy) is 1. The summed E-state index contributed by atoms with van der Waals surface area (Å²) in [5.74, 6) is -0.321. The molecule has 24 heavy (non-hydrogen) atoms. The van der Waals surface area contributed by atoms with Gasteiger partial charge in [-0.05, 0) is 26.2 Å². The largest absolute Gasteiger partial charge is 0.435 e. The number of fused-ring (bicyclic) bond motifs is 1. The highest BCUT2D eigenvalue weighted by molar-refractivity contribution is 5.76. The van der Waals surface area contributed by atoms with Gasteiger partial charge in [-0.15, -0.1) is 0 Å². The van der Waals surface area contributed by atoms with E-state index < -0.39 is 11.9 Å². The van der Waals surface area contributed by atoms with E-state index in [1.54, 1.807) is 0 Å². The molecule has 2 aliphatic rings. The van der Waals surface area contributed by atoms with Crippen LogP contribution in [0.25, 0.3) is 0 Å². The highest BCUT2D eigenvalue weighted by Crippen LogP contribution is 2.34. The monoisotopic (exact) mass is 343 g/mol. The van der Waals surface area contributed by atoms with Crippen molar-refractivity contribution < 1.29 is 22.7 Å². The Morgan fingerprint density at radius 1 is 1.46 bits per heavy atom. The third kappa shape index (κ3) is 3.48. The molecule has 3 rings (SSSR count). The van der Waals surface area contributed by atoms with Gasteiger partial charge in [-0.1, -0.05) is 12.2 Å². The standard InChI is InChI=1S/C16H20F3N3O2/c1-15(6-3-2-4-7-15)20-13(23)9-22-12-5-8-24-10-11(12)14(21-22)16(17,18)19/h2-3H,4-10H2,1H3,(H,20,23).